The van der Waals surface area contributed by atoms with E-state index in [4.69, 9.17) is 33.2 Å². The summed E-state index contributed by atoms with van der Waals surface area (Å²) in [5.41, 5.74) is 1.02. The first kappa shape index (κ1) is 15.5. The van der Waals surface area contributed by atoms with Gasteiger partial charge in [0.05, 0.1) is 11.3 Å². The molecule has 1 aromatic heterocycles. The maximum atomic E-state index is 9.10. The van der Waals surface area contributed by atoms with Crippen molar-refractivity contribution >= 4 is 34.7 Å². The van der Waals surface area contributed by atoms with E-state index in [1.54, 1.807) is 24.3 Å². The zero-order chi connectivity index (χ0) is 15.2. The fourth-order valence-electron chi connectivity index (χ4n) is 1.64. The second kappa shape index (κ2) is 7.23. The molecular formula is C14H12Cl2N4O. The van der Waals surface area contributed by atoms with Gasteiger partial charge in [-0.3, -0.25) is 0 Å². The van der Waals surface area contributed by atoms with Crippen LogP contribution in [0.15, 0.2) is 24.3 Å². The topological polar surface area (TPSA) is 70.8 Å². The number of anilines is 2. The summed E-state index contributed by atoms with van der Waals surface area (Å²) in [6, 6.07) is 8.59. The van der Waals surface area contributed by atoms with E-state index < -0.39 is 0 Å². The van der Waals surface area contributed by atoms with Gasteiger partial charge in [0.2, 0.25) is 0 Å². The predicted octanol–water partition coefficient (Wildman–Crippen LogP) is 3.94. The molecule has 0 amide bonds. The SMILES string of the molecule is CCOCc1nc(Cl)cc(Nc2cc(Cl)ccc2C#N)n1. The lowest BCUT2D eigenvalue weighted by atomic mass is 10.2. The third kappa shape index (κ3) is 4.30. The molecule has 21 heavy (non-hydrogen) atoms. The Morgan fingerprint density at radius 3 is 2.81 bits per heavy atom. The third-order valence-corrected chi connectivity index (χ3v) is 2.97. The molecule has 0 saturated carbocycles. The number of nitrogens with zero attached hydrogens (tertiary/aromatic N) is 3. The number of hydrogen-bond donors (Lipinski definition) is 1. The standard InChI is InChI=1S/C14H12Cl2N4O/c1-2-21-8-14-19-12(16)6-13(20-14)18-11-5-10(15)4-3-9(11)7-17/h3-6H,2,8H2,1H3,(H,18,19,20). The van der Waals surface area contributed by atoms with Crippen LogP contribution in [0.3, 0.4) is 0 Å². The Hall–Kier alpha value is -1.87. The number of hydrogen-bond acceptors (Lipinski definition) is 5. The summed E-state index contributed by atoms with van der Waals surface area (Å²) in [5.74, 6) is 0.941. The molecule has 1 N–H and O–H groups in total. The van der Waals surface area contributed by atoms with Gasteiger partial charge < -0.3 is 10.1 Å². The van der Waals surface area contributed by atoms with E-state index in [-0.39, 0.29) is 6.61 Å². The zero-order valence-corrected chi connectivity index (χ0v) is 12.7. The number of nitrogens with one attached hydrogen (secondary N) is 1. The number of nitriles is 1. The first-order valence-electron chi connectivity index (χ1n) is 6.20. The molecule has 0 fully saturated rings. The molecule has 0 bridgehead atoms. The lowest BCUT2D eigenvalue weighted by molar-refractivity contribution is 0.128. The second-order valence-corrected chi connectivity index (χ2v) is 4.88. The minimum atomic E-state index is 0.270. The minimum absolute atomic E-state index is 0.270. The van der Waals surface area contributed by atoms with E-state index in [9.17, 15) is 0 Å². The molecule has 108 valence electrons. The van der Waals surface area contributed by atoms with E-state index in [1.165, 1.54) is 0 Å². The van der Waals surface area contributed by atoms with Gasteiger partial charge >= 0.3 is 0 Å². The van der Waals surface area contributed by atoms with Crippen molar-refractivity contribution in [2.45, 2.75) is 13.5 Å². The Balaban J connectivity index is 2.29. The number of benzene rings is 1. The lowest BCUT2D eigenvalue weighted by Gasteiger charge is -2.09. The van der Waals surface area contributed by atoms with Gasteiger partial charge in [0.15, 0.2) is 5.82 Å². The average Bonchev–Trinajstić information content (AvgIpc) is 2.45. The van der Waals surface area contributed by atoms with E-state index in [1.807, 2.05) is 6.92 Å². The van der Waals surface area contributed by atoms with E-state index >= 15 is 0 Å². The van der Waals surface area contributed by atoms with Crippen LogP contribution in [-0.2, 0) is 11.3 Å². The van der Waals surface area contributed by atoms with Crippen LogP contribution in [0.1, 0.15) is 18.3 Å². The fourth-order valence-corrected chi connectivity index (χ4v) is 2.02. The first-order chi connectivity index (χ1) is 10.1. The third-order valence-electron chi connectivity index (χ3n) is 2.54. The maximum absolute atomic E-state index is 9.10. The summed E-state index contributed by atoms with van der Waals surface area (Å²) in [4.78, 5) is 8.36. The van der Waals surface area contributed by atoms with Gasteiger partial charge in [0.1, 0.15) is 23.6 Å². The van der Waals surface area contributed by atoms with Crippen LogP contribution in [0.25, 0.3) is 0 Å². The molecule has 2 aromatic rings. The highest BCUT2D eigenvalue weighted by molar-refractivity contribution is 6.31. The van der Waals surface area contributed by atoms with Gasteiger partial charge in [-0.25, -0.2) is 9.97 Å². The van der Waals surface area contributed by atoms with Crippen molar-refractivity contribution in [3.05, 3.63) is 45.8 Å². The van der Waals surface area contributed by atoms with Crippen molar-refractivity contribution in [3.8, 4) is 6.07 Å². The molecule has 0 aliphatic rings. The van der Waals surface area contributed by atoms with Crippen LogP contribution in [0, 0.1) is 11.3 Å². The summed E-state index contributed by atoms with van der Waals surface area (Å²) < 4.78 is 5.26. The first-order valence-corrected chi connectivity index (χ1v) is 6.96. The van der Waals surface area contributed by atoms with Crippen LogP contribution in [-0.4, -0.2) is 16.6 Å². The van der Waals surface area contributed by atoms with Crippen molar-refractivity contribution in [1.82, 2.24) is 9.97 Å². The highest BCUT2D eigenvalue weighted by Gasteiger charge is 2.07. The van der Waals surface area contributed by atoms with Gasteiger partial charge in [-0.05, 0) is 25.1 Å². The summed E-state index contributed by atoms with van der Waals surface area (Å²) in [6.45, 7) is 2.72. The Bertz CT molecular complexity index is 685. The van der Waals surface area contributed by atoms with Gasteiger partial charge in [0, 0.05) is 17.7 Å². The monoisotopic (exact) mass is 322 g/mol. The highest BCUT2D eigenvalue weighted by atomic mass is 35.5. The average molecular weight is 323 g/mol. The van der Waals surface area contributed by atoms with Crippen LogP contribution >= 0.6 is 23.2 Å². The highest BCUT2D eigenvalue weighted by Crippen LogP contribution is 2.24. The number of rotatable bonds is 5. The molecule has 0 atom stereocenters. The van der Waals surface area contributed by atoms with Gasteiger partial charge in [-0.2, -0.15) is 5.26 Å². The zero-order valence-electron chi connectivity index (χ0n) is 11.2. The molecule has 1 heterocycles. The smallest absolute Gasteiger partial charge is 0.158 e. The molecule has 0 unspecified atom stereocenters. The molecule has 0 saturated heterocycles. The molecular weight excluding hydrogens is 311 g/mol. The summed E-state index contributed by atoms with van der Waals surface area (Å²) in [6.07, 6.45) is 0. The van der Waals surface area contributed by atoms with E-state index in [0.29, 0.717) is 39.7 Å². The van der Waals surface area contributed by atoms with Crippen molar-refractivity contribution in [2.24, 2.45) is 0 Å². The largest absolute Gasteiger partial charge is 0.374 e. The molecule has 1 aromatic carbocycles. The van der Waals surface area contributed by atoms with Crippen LogP contribution in [0.4, 0.5) is 11.5 Å². The van der Waals surface area contributed by atoms with Crippen molar-refractivity contribution in [2.75, 3.05) is 11.9 Å². The van der Waals surface area contributed by atoms with Crippen molar-refractivity contribution in [1.29, 1.82) is 5.26 Å². The summed E-state index contributed by atoms with van der Waals surface area (Å²) in [7, 11) is 0. The summed E-state index contributed by atoms with van der Waals surface area (Å²) >= 11 is 11.9. The van der Waals surface area contributed by atoms with Crippen LogP contribution in [0.5, 0.6) is 0 Å². The molecule has 7 heteroatoms. The van der Waals surface area contributed by atoms with Crippen LogP contribution in [0.2, 0.25) is 10.2 Å². The van der Waals surface area contributed by atoms with E-state index in [0.717, 1.165) is 0 Å². The van der Waals surface area contributed by atoms with Gasteiger partial charge in [0.25, 0.3) is 0 Å². The fraction of sp³-hybridized carbons (Fsp3) is 0.214. The normalized spacial score (nSPS) is 10.2. The molecule has 0 radical (unpaired) electrons. The Labute approximate surface area is 132 Å². The Morgan fingerprint density at radius 2 is 2.10 bits per heavy atom. The van der Waals surface area contributed by atoms with Crippen LogP contribution < -0.4 is 5.32 Å². The number of halogens is 2. The minimum Gasteiger partial charge on any atom is -0.374 e. The summed E-state index contributed by atoms with van der Waals surface area (Å²) in [5, 5.41) is 12.9. The molecule has 0 spiro atoms. The van der Waals surface area contributed by atoms with Crippen molar-refractivity contribution < 1.29 is 4.74 Å². The van der Waals surface area contributed by atoms with Gasteiger partial charge in [-0.1, -0.05) is 23.2 Å². The quantitative estimate of drug-likeness (QED) is 0.844. The molecule has 2 rings (SSSR count). The second-order valence-electron chi connectivity index (χ2n) is 4.06. The van der Waals surface area contributed by atoms with Crippen molar-refractivity contribution in [3.63, 3.8) is 0 Å². The number of ether oxygens (including phenoxy) is 1. The van der Waals surface area contributed by atoms with E-state index in [2.05, 4.69) is 21.4 Å². The maximum Gasteiger partial charge on any atom is 0.158 e. The lowest BCUT2D eigenvalue weighted by Crippen LogP contribution is -2.03. The molecule has 0 aliphatic carbocycles. The predicted molar refractivity (Wildman–Crippen MR) is 81.8 cm³/mol. The van der Waals surface area contributed by atoms with Gasteiger partial charge in [-0.15, -0.1) is 0 Å². The molecule has 5 nitrogen and oxygen atoms in total. The Morgan fingerprint density at radius 1 is 1.29 bits per heavy atom. The number of aromatic nitrogens is 2. The Kier molecular flexibility index (Phi) is 5.34. The molecule has 0 aliphatic heterocycles.